The first kappa shape index (κ1) is 16.0. The minimum atomic E-state index is -3.59. The zero-order chi connectivity index (χ0) is 14.8. The van der Waals surface area contributed by atoms with Crippen molar-refractivity contribution in [3.63, 3.8) is 0 Å². The molecule has 0 radical (unpaired) electrons. The van der Waals surface area contributed by atoms with Gasteiger partial charge in [0.2, 0.25) is 10.0 Å². The molecular formula is C12H12Br2N2O2S2. The molecule has 0 aliphatic carbocycles. The molecule has 0 bridgehead atoms. The smallest absolute Gasteiger partial charge is 0.242 e. The Kier molecular flexibility index (Phi) is 5.25. The molecule has 2 rings (SSSR count). The van der Waals surface area contributed by atoms with Crippen LogP contribution in [0, 0.1) is 0 Å². The molecule has 0 aliphatic rings. The van der Waals surface area contributed by atoms with E-state index in [1.807, 2.05) is 17.5 Å². The van der Waals surface area contributed by atoms with Crippen molar-refractivity contribution in [1.29, 1.82) is 0 Å². The Morgan fingerprint density at radius 2 is 1.90 bits per heavy atom. The highest BCUT2D eigenvalue weighted by Crippen LogP contribution is 2.32. The number of rotatable bonds is 5. The van der Waals surface area contributed by atoms with Crippen molar-refractivity contribution in [2.24, 2.45) is 0 Å². The van der Waals surface area contributed by atoms with Gasteiger partial charge in [-0.3, -0.25) is 0 Å². The molecule has 108 valence electrons. The third kappa shape index (κ3) is 3.82. The second-order valence-electron chi connectivity index (χ2n) is 4.04. The zero-order valence-electron chi connectivity index (χ0n) is 10.3. The molecule has 2 aromatic rings. The lowest BCUT2D eigenvalue weighted by Gasteiger charge is -2.11. The van der Waals surface area contributed by atoms with Crippen molar-refractivity contribution in [3.8, 4) is 0 Å². The van der Waals surface area contributed by atoms with Crippen LogP contribution in [0.4, 0.5) is 5.69 Å². The minimum absolute atomic E-state index is 0.165. The molecule has 0 aliphatic heterocycles. The minimum Gasteiger partial charge on any atom is -0.399 e. The predicted octanol–water partition coefficient (Wildman–Crippen LogP) is 3.38. The van der Waals surface area contributed by atoms with Crippen LogP contribution in [0.5, 0.6) is 0 Å². The Bertz CT molecular complexity index is 677. The summed E-state index contributed by atoms with van der Waals surface area (Å²) < 4.78 is 28.1. The lowest BCUT2D eigenvalue weighted by atomic mass is 10.3. The normalized spacial score (nSPS) is 11.7. The Morgan fingerprint density at radius 1 is 1.25 bits per heavy atom. The quantitative estimate of drug-likeness (QED) is 0.701. The highest BCUT2D eigenvalue weighted by atomic mass is 79.9. The van der Waals surface area contributed by atoms with Gasteiger partial charge in [0.25, 0.3) is 0 Å². The van der Waals surface area contributed by atoms with E-state index in [0.717, 1.165) is 4.88 Å². The highest BCUT2D eigenvalue weighted by molar-refractivity contribution is 9.11. The zero-order valence-corrected chi connectivity index (χ0v) is 15.1. The van der Waals surface area contributed by atoms with Crippen molar-refractivity contribution < 1.29 is 8.42 Å². The monoisotopic (exact) mass is 438 g/mol. The van der Waals surface area contributed by atoms with Crippen molar-refractivity contribution in [1.82, 2.24) is 4.72 Å². The fourth-order valence-corrected chi connectivity index (χ4v) is 6.03. The molecule has 8 heteroatoms. The summed E-state index contributed by atoms with van der Waals surface area (Å²) in [5.41, 5.74) is 6.15. The summed E-state index contributed by atoms with van der Waals surface area (Å²) >= 11 is 8.08. The van der Waals surface area contributed by atoms with Gasteiger partial charge in [-0.2, -0.15) is 0 Å². The third-order valence-electron chi connectivity index (χ3n) is 2.53. The molecule has 20 heavy (non-hydrogen) atoms. The van der Waals surface area contributed by atoms with E-state index in [0.29, 0.717) is 27.6 Å². The molecule has 1 aromatic carbocycles. The molecule has 3 N–H and O–H groups in total. The van der Waals surface area contributed by atoms with Gasteiger partial charge in [-0.15, -0.1) is 11.3 Å². The summed E-state index contributed by atoms with van der Waals surface area (Å²) in [6.07, 6.45) is 0.668. The maximum atomic E-state index is 12.3. The molecule has 0 atom stereocenters. The number of halogens is 2. The molecular weight excluding hydrogens is 428 g/mol. The first-order chi connectivity index (χ1) is 9.40. The first-order valence-corrected chi connectivity index (χ1v) is 9.61. The van der Waals surface area contributed by atoms with E-state index in [-0.39, 0.29) is 4.90 Å². The second kappa shape index (κ2) is 6.57. The van der Waals surface area contributed by atoms with E-state index in [9.17, 15) is 8.42 Å². The van der Waals surface area contributed by atoms with Crippen LogP contribution in [-0.2, 0) is 16.4 Å². The van der Waals surface area contributed by atoms with Gasteiger partial charge in [0.05, 0.1) is 0 Å². The third-order valence-corrected chi connectivity index (χ3v) is 6.81. The number of hydrogen-bond acceptors (Lipinski definition) is 4. The number of nitrogens with one attached hydrogen (secondary N) is 1. The van der Waals surface area contributed by atoms with E-state index in [4.69, 9.17) is 5.73 Å². The van der Waals surface area contributed by atoms with Gasteiger partial charge in [0, 0.05) is 26.1 Å². The van der Waals surface area contributed by atoms with Gasteiger partial charge in [-0.05, 0) is 61.9 Å². The van der Waals surface area contributed by atoms with Gasteiger partial charge in [0.1, 0.15) is 4.90 Å². The number of sulfonamides is 1. The summed E-state index contributed by atoms with van der Waals surface area (Å²) in [6, 6.07) is 7.06. The lowest BCUT2D eigenvalue weighted by Crippen LogP contribution is -2.26. The maximum absolute atomic E-state index is 12.3. The average Bonchev–Trinajstić information content (AvgIpc) is 2.79. The van der Waals surface area contributed by atoms with Crippen LogP contribution in [0.3, 0.4) is 0 Å². The molecule has 0 amide bonds. The number of thiophene rings is 1. The fourth-order valence-electron chi connectivity index (χ4n) is 1.67. The van der Waals surface area contributed by atoms with Crippen LogP contribution in [0.15, 0.2) is 43.5 Å². The Balaban J connectivity index is 2.14. The molecule has 0 fully saturated rings. The topological polar surface area (TPSA) is 72.2 Å². The van der Waals surface area contributed by atoms with Crippen molar-refractivity contribution in [2.75, 3.05) is 12.3 Å². The summed E-state index contributed by atoms with van der Waals surface area (Å²) in [7, 11) is -3.59. The van der Waals surface area contributed by atoms with Gasteiger partial charge in [0.15, 0.2) is 0 Å². The van der Waals surface area contributed by atoms with E-state index < -0.39 is 10.0 Å². The van der Waals surface area contributed by atoms with Crippen LogP contribution in [0.2, 0.25) is 0 Å². The summed E-state index contributed by atoms with van der Waals surface area (Å²) in [5.74, 6) is 0. The number of nitrogens with two attached hydrogens (primary N) is 1. The van der Waals surface area contributed by atoms with E-state index in [1.165, 1.54) is 0 Å². The van der Waals surface area contributed by atoms with Crippen LogP contribution in [0.1, 0.15) is 4.88 Å². The molecule has 0 unspecified atom stereocenters. The van der Waals surface area contributed by atoms with Gasteiger partial charge in [-0.1, -0.05) is 6.07 Å². The molecule has 1 aromatic heterocycles. The molecule has 0 saturated carbocycles. The number of benzene rings is 1. The fraction of sp³-hybridized carbons (Fsp3) is 0.167. The van der Waals surface area contributed by atoms with Crippen LogP contribution >= 0.6 is 43.2 Å². The van der Waals surface area contributed by atoms with Gasteiger partial charge >= 0.3 is 0 Å². The molecule has 0 spiro atoms. The highest BCUT2D eigenvalue weighted by Gasteiger charge is 2.21. The summed E-state index contributed by atoms with van der Waals surface area (Å²) in [6.45, 7) is 0.353. The molecule has 0 saturated heterocycles. The Labute approximate surface area is 138 Å². The summed E-state index contributed by atoms with van der Waals surface area (Å²) in [5, 5.41) is 1.97. The van der Waals surface area contributed by atoms with Crippen LogP contribution in [-0.4, -0.2) is 15.0 Å². The van der Waals surface area contributed by atoms with Crippen LogP contribution in [0.25, 0.3) is 0 Å². The van der Waals surface area contributed by atoms with Crippen molar-refractivity contribution in [3.05, 3.63) is 43.5 Å². The Morgan fingerprint density at radius 3 is 2.45 bits per heavy atom. The first-order valence-electron chi connectivity index (χ1n) is 5.67. The van der Waals surface area contributed by atoms with E-state index >= 15 is 0 Å². The number of nitrogen functional groups attached to an aromatic ring is 1. The lowest BCUT2D eigenvalue weighted by molar-refractivity contribution is 0.581. The van der Waals surface area contributed by atoms with Gasteiger partial charge in [-0.25, -0.2) is 13.1 Å². The molecule has 1 heterocycles. The number of anilines is 1. The average molecular weight is 440 g/mol. The molecule has 4 nitrogen and oxygen atoms in total. The van der Waals surface area contributed by atoms with E-state index in [1.54, 1.807) is 23.5 Å². The summed E-state index contributed by atoms with van der Waals surface area (Å²) in [4.78, 5) is 1.31. The van der Waals surface area contributed by atoms with Gasteiger partial charge < -0.3 is 5.73 Å². The largest absolute Gasteiger partial charge is 0.399 e. The SMILES string of the molecule is Nc1cc(Br)c(S(=O)(=O)NCCc2cccs2)c(Br)c1. The number of hydrogen-bond donors (Lipinski definition) is 2. The predicted molar refractivity (Wildman–Crippen MR) is 89.5 cm³/mol. The standard InChI is InChI=1S/C12H12Br2N2O2S2/c13-10-6-8(15)7-11(14)12(10)20(17,18)16-4-3-9-2-1-5-19-9/h1-2,5-7,16H,3-4,15H2. The van der Waals surface area contributed by atoms with Crippen LogP contribution < -0.4 is 10.5 Å². The maximum Gasteiger partial charge on any atom is 0.242 e. The van der Waals surface area contributed by atoms with Crippen molar-refractivity contribution in [2.45, 2.75) is 11.3 Å². The van der Waals surface area contributed by atoms with Crippen molar-refractivity contribution >= 4 is 58.9 Å². The van der Waals surface area contributed by atoms with E-state index in [2.05, 4.69) is 36.6 Å². The Hall–Kier alpha value is -0.410. The second-order valence-corrected chi connectivity index (χ2v) is 8.49.